The highest BCUT2D eigenvalue weighted by molar-refractivity contribution is 7.11. The molecule has 94 valence electrons. The maximum absolute atomic E-state index is 4.26. The van der Waals surface area contributed by atoms with Crippen molar-refractivity contribution < 1.29 is 0 Å². The van der Waals surface area contributed by atoms with Crippen molar-refractivity contribution in [2.75, 3.05) is 0 Å². The van der Waals surface area contributed by atoms with Crippen molar-refractivity contribution in [3.63, 3.8) is 0 Å². The summed E-state index contributed by atoms with van der Waals surface area (Å²) >= 11 is 1.72. The van der Waals surface area contributed by atoms with E-state index in [9.17, 15) is 0 Å². The fourth-order valence-corrected chi connectivity index (χ4v) is 2.66. The van der Waals surface area contributed by atoms with E-state index in [1.54, 1.807) is 11.3 Å². The van der Waals surface area contributed by atoms with Gasteiger partial charge in [-0.25, -0.2) is 0 Å². The van der Waals surface area contributed by atoms with E-state index in [0.29, 0.717) is 0 Å². The number of nitrogens with zero attached hydrogens (tertiary/aromatic N) is 2. The smallest absolute Gasteiger partial charge is 0.131 e. The molecule has 0 spiro atoms. The lowest BCUT2D eigenvalue weighted by Crippen LogP contribution is -2.14. The van der Waals surface area contributed by atoms with Crippen LogP contribution in [0.25, 0.3) is 0 Å². The van der Waals surface area contributed by atoms with Crippen molar-refractivity contribution >= 4 is 11.3 Å². The van der Waals surface area contributed by atoms with Gasteiger partial charge in [0.05, 0.1) is 0 Å². The minimum Gasteiger partial charge on any atom is -0.308 e. The molecule has 1 N–H and O–H groups in total. The zero-order valence-electron chi connectivity index (χ0n) is 10.5. The number of aryl methyl sites for hydroxylation is 1. The van der Waals surface area contributed by atoms with Crippen LogP contribution >= 0.6 is 11.3 Å². The van der Waals surface area contributed by atoms with E-state index in [1.165, 1.54) is 24.0 Å². The summed E-state index contributed by atoms with van der Waals surface area (Å²) in [6.07, 6.45) is 3.52. The maximum Gasteiger partial charge on any atom is 0.131 e. The molecule has 0 atom stereocenters. The highest BCUT2D eigenvalue weighted by atomic mass is 32.1. The third-order valence-corrected chi connectivity index (χ3v) is 4.03. The van der Waals surface area contributed by atoms with Crippen LogP contribution in [0.15, 0.2) is 24.3 Å². The molecule has 1 fully saturated rings. The summed E-state index contributed by atoms with van der Waals surface area (Å²) in [7, 11) is 0. The zero-order chi connectivity index (χ0) is 12.4. The van der Waals surface area contributed by atoms with Crippen molar-refractivity contribution in [2.45, 2.75) is 38.8 Å². The van der Waals surface area contributed by atoms with Gasteiger partial charge in [0.15, 0.2) is 0 Å². The number of rotatable bonds is 5. The number of aromatic nitrogens is 2. The van der Waals surface area contributed by atoms with Crippen LogP contribution in [0.2, 0.25) is 0 Å². The van der Waals surface area contributed by atoms with E-state index in [2.05, 4.69) is 46.7 Å². The van der Waals surface area contributed by atoms with Crippen LogP contribution in [0.3, 0.4) is 0 Å². The largest absolute Gasteiger partial charge is 0.308 e. The van der Waals surface area contributed by atoms with Crippen molar-refractivity contribution in [1.29, 1.82) is 0 Å². The Morgan fingerprint density at radius 2 is 1.89 bits per heavy atom. The SMILES string of the molecule is Cc1ccc(Cc2nnc(CNC3CC3)s2)cc1. The molecule has 0 radical (unpaired) electrons. The van der Waals surface area contributed by atoms with Gasteiger partial charge in [-0.15, -0.1) is 10.2 Å². The molecule has 1 aromatic carbocycles. The fraction of sp³-hybridized carbons (Fsp3) is 0.429. The summed E-state index contributed by atoms with van der Waals surface area (Å²) in [5.74, 6) is 0. The molecular formula is C14H17N3S. The summed E-state index contributed by atoms with van der Waals surface area (Å²) < 4.78 is 0. The predicted molar refractivity (Wildman–Crippen MR) is 73.8 cm³/mol. The number of benzene rings is 1. The molecule has 1 aromatic heterocycles. The average molecular weight is 259 g/mol. The van der Waals surface area contributed by atoms with Gasteiger partial charge in [0, 0.05) is 19.0 Å². The molecule has 0 bridgehead atoms. The van der Waals surface area contributed by atoms with Gasteiger partial charge < -0.3 is 5.32 Å². The van der Waals surface area contributed by atoms with Gasteiger partial charge in [-0.2, -0.15) is 0 Å². The first-order valence-corrected chi connectivity index (χ1v) is 7.21. The highest BCUT2D eigenvalue weighted by Gasteiger charge is 2.20. The zero-order valence-corrected chi connectivity index (χ0v) is 11.3. The maximum atomic E-state index is 4.26. The van der Waals surface area contributed by atoms with Crippen LogP contribution in [-0.2, 0) is 13.0 Å². The standard InChI is InChI=1S/C14H17N3S/c1-10-2-4-11(5-3-10)8-13-16-17-14(18-13)9-15-12-6-7-12/h2-5,12,15H,6-9H2,1H3. The van der Waals surface area contributed by atoms with Crippen molar-refractivity contribution in [3.8, 4) is 0 Å². The third-order valence-electron chi connectivity index (χ3n) is 3.10. The van der Waals surface area contributed by atoms with Crippen LogP contribution in [-0.4, -0.2) is 16.2 Å². The van der Waals surface area contributed by atoms with Gasteiger partial charge in [0.2, 0.25) is 0 Å². The first-order chi connectivity index (χ1) is 8.79. The number of nitrogens with one attached hydrogen (secondary N) is 1. The van der Waals surface area contributed by atoms with Gasteiger partial charge in [0.25, 0.3) is 0 Å². The molecule has 3 rings (SSSR count). The van der Waals surface area contributed by atoms with Crippen molar-refractivity contribution in [1.82, 2.24) is 15.5 Å². The summed E-state index contributed by atoms with van der Waals surface area (Å²) in [5.41, 5.74) is 2.60. The van der Waals surface area contributed by atoms with E-state index >= 15 is 0 Å². The summed E-state index contributed by atoms with van der Waals surface area (Å²) in [6, 6.07) is 9.35. The molecule has 4 heteroatoms. The van der Waals surface area contributed by atoms with Crippen LogP contribution in [0.4, 0.5) is 0 Å². The van der Waals surface area contributed by atoms with E-state index < -0.39 is 0 Å². The lowest BCUT2D eigenvalue weighted by molar-refractivity contribution is 0.678. The molecule has 2 aromatic rings. The topological polar surface area (TPSA) is 37.8 Å². The van der Waals surface area contributed by atoms with Crippen molar-refractivity contribution in [3.05, 3.63) is 45.4 Å². The number of hydrogen-bond donors (Lipinski definition) is 1. The molecule has 1 aliphatic carbocycles. The van der Waals surface area contributed by atoms with Gasteiger partial charge in [-0.1, -0.05) is 41.2 Å². The molecule has 1 aliphatic rings. The van der Waals surface area contributed by atoms with Crippen LogP contribution in [0.1, 0.15) is 34.0 Å². The molecular weight excluding hydrogens is 242 g/mol. The van der Waals surface area contributed by atoms with Crippen molar-refractivity contribution in [2.24, 2.45) is 0 Å². The minimum atomic E-state index is 0.731. The van der Waals surface area contributed by atoms with Gasteiger partial charge in [0.1, 0.15) is 10.0 Å². The lowest BCUT2D eigenvalue weighted by atomic mass is 10.1. The first kappa shape index (κ1) is 11.8. The van der Waals surface area contributed by atoms with Gasteiger partial charge >= 0.3 is 0 Å². The van der Waals surface area contributed by atoms with E-state index in [-0.39, 0.29) is 0 Å². The van der Waals surface area contributed by atoms with Gasteiger partial charge in [-0.3, -0.25) is 0 Å². The first-order valence-electron chi connectivity index (χ1n) is 6.40. The molecule has 1 saturated carbocycles. The van der Waals surface area contributed by atoms with Gasteiger partial charge in [-0.05, 0) is 25.3 Å². The molecule has 1 heterocycles. The Kier molecular flexibility index (Phi) is 3.39. The minimum absolute atomic E-state index is 0.731. The Hall–Kier alpha value is -1.26. The molecule has 18 heavy (non-hydrogen) atoms. The lowest BCUT2D eigenvalue weighted by Gasteiger charge is -1.98. The van der Waals surface area contributed by atoms with Crippen LogP contribution < -0.4 is 5.32 Å². The summed E-state index contributed by atoms with van der Waals surface area (Å²) in [4.78, 5) is 0. The Balaban J connectivity index is 1.60. The molecule has 0 unspecified atom stereocenters. The van der Waals surface area contributed by atoms with E-state index in [1.807, 2.05) is 0 Å². The van der Waals surface area contributed by atoms with Crippen LogP contribution in [0.5, 0.6) is 0 Å². The van der Waals surface area contributed by atoms with E-state index in [0.717, 1.165) is 29.0 Å². The predicted octanol–water partition coefficient (Wildman–Crippen LogP) is 2.69. The Bertz CT molecular complexity index is 514. The third kappa shape index (κ3) is 3.15. The van der Waals surface area contributed by atoms with Crippen LogP contribution in [0, 0.1) is 6.92 Å². The second-order valence-corrected chi connectivity index (χ2v) is 6.05. The monoisotopic (exact) mass is 259 g/mol. The van der Waals surface area contributed by atoms with E-state index in [4.69, 9.17) is 0 Å². The Morgan fingerprint density at radius 3 is 2.61 bits per heavy atom. The second kappa shape index (κ2) is 5.16. The number of hydrogen-bond acceptors (Lipinski definition) is 4. The Labute approximate surface area is 111 Å². The molecule has 3 nitrogen and oxygen atoms in total. The molecule has 0 saturated heterocycles. The normalized spacial score (nSPS) is 14.9. The quantitative estimate of drug-likeness (QED) is 0.897. The summed E-state index contributed by atoms with van der Waals surface area (Å²) in [6.45, 7) is 2.98. The summed E-state index contributed by atoms with van der Waals surface area (Å²) in [5, 5.41) is 14.2. The second-order valence-electron chi connectivity index (χ2n) is 4.91. The fourth-order valence-electron chi connectivity index (χ4n) is 1.83. The highest BCUT2D eigenvalue weighted by Crippen LogP contribution is 2.20. The molecule has 0 amide bonds. The average Bonchev–Trinajstić information content (AvgIpc) is 3.10. The Morgan fingerprint density at radius 1 is 1.17 bits per heavy atom. The molecule has 0 aliphatic heterocycles.